The van der Waals surface area contributed by atoms with E-state index in [1.807, 2.05) is 47.8 Å². The van der Waals surface area contributed by atoms with E-state index in [0.717, 1.165) is 10.6 Å². The lowest BCUT2D eigenvalue weighted by Gasteiger charge is -2.13. The normalized spacial score (nSPS) is 15.4. The molecule has 2 aromatic heterocycles. The van der Waals surface area contributed by atoms with E-state index in [0.29, 0.717) is 11.3 Å². The maximum Gasteiger partial charge on any atom is 0.264 e. The molecule has 0 bridgehead atoms. The minimum Gasteiger partial charge on any atom is -0.383 e. The summed E-state index contributed by atoms with van der Waals surface area (Å²) in [6.07, 6.45) is 1.72. The van der Waals surface area contributed by atoms with Crippen molar-refractivity contribution < 1.29 is 9.59 Å². The molecule has 0 aliphatic carbocycles. The molecule has 0 spiro atoms. The molecule has 24 heavy (non-hydrogen) atoms. The Balaban J connectivity index is 1.93. The van der Waals surface area contributed by atoms with Crippen LogP contribution >= 0.6 is 11.3 Å². The lowest BCUT2D eigenvalue weighted by molar-refractivity contribution is -0.114. The van der Waals surface area contributed by atoms with Gasteiger partial charge in [0.1, 0.15) is 17.1 Å². The zero-order chi connectivity index (χ0) is 16.7. The first-order valence-electron chi connectivity index (χ1n) is 7.20. The van der Waals surface area contributed by atoms with Crippen molar-refractivity contribution in [1.82, 2.24) is 15.1 Å². The number of carbonyl (C=O) groups is 2. The van der Waals surface area contributed by atoms with E-state index in [1.54, 1.807) is 6.08 Å². The number of benzene rings is 1. The number of nitrogens with zero attached hydrogens (tertiary/aromatic N) is 2. The van der Waals surface area contributed by atoms with E-state index in [4.69, 9.17) is 5.73 Å². The number of aromatic nitrogens is 2. The van der Waals surface area contributed by atoms with Crippen molar-refractivity contribution in [1.29, 1.82) is 0 Å². The molecular weight excluding hydrogens is 324 g/mol. The maximum atomic E-state index is 12.3. The largest absolute Gasteiger partial charge is 0.383 e. The number of thiophene rings is 1. The average molecular weight is 336 g/mol. The Hall–Kier alpha value is -3.19. The van der Waals surface area contributed by atoms with Gasteiger partial charge in [0, 0.05) is 4.88 Å². The van der Waals surface area contributed by atoms with Gasteiger partial charge in [0.15, 0.2) is 0 Å². The van der Waals surface area contributed by atoms with Crippen LogP contribution < -0.4 is 11.1 Å². The lowest BCUT2D eigenvalue weighted by atomic mass is 10.0. The van der Waals surface area contributed by atoms with Crippen molar-refractivity contribution in [2.75, 3.05) is 5.73 Å². The van der Waals surface area contributed by atoms with Gasteiger partial charge in [0.2, 0.25) is 0 Å². The van der Waals surface area contributed by atoms with Crippen LogP contribution in [0.1, 0.15) is 20.9 Å². The highest BCUT2D eigenvalue weighted by Crippen LogP contribution is 2.31. The predicted octanol–water partition coefficient (Wildman–Crippen LogP) is 2.33. The summed E-state index contributed by atoms with van der Waals surface area (Å²) >= 11 is 1.49. The van der Waals surface area contributed by atoms with Crippen LogP contribution in [-0.4, -0.2) is 21.6 Å². The van der Waals surface area contributed by atoms with Gasteiger partial charge in [-0.3, -0.25) is 14.9 Å². The Kier molecular flexibility index (Phi) is 3.28. The molecule has 3 heterocycles. The molecule has 1 aromatic carbocycles. The van der Waals surface area contributed by atoms with Crippen LogP contribution in [0.3, 0.4) is 0 Å². The maximum absolute atomic E-state index is 12.3. The van der Waals surface area contributed by atoms with Gasteiger partial charge < -0.3 is 5.73 Å². The van der Waals surface area contributed by atoms with Gasteiger partial charge in [-0.25, -0.2) is 4.68 Å². The summed E-state index contributed by atoms with van der Waals surface area (Å²) in [4.78, 5) is 25.4. The molecule has 118 valence electrons. The highest BCUT2D eigenvalue weighted by Gasteiger charge is 2.34. The van der Waals surface area contributed by atoms with Crippen LogP contribution in [0.2, 0.25) is 0 Å². The molecule has 4 rings (SSSR count). The number of anilines is 1. The van der Waals surface area contributed by atoms with Crippen LogP contribution in [0.25, 0.3) is 17.3 Å². The molecule has 1 aliphatic heterocycles. The van der Waals surface area contributed by atoms with Gasteiger partial charge in [-0.05, 0) is 29.7 Å². The van der Waals surface area contributed by atoms with Gasteiger partial charge >= 0.3 is 0 Å². The number of imide groups is 1. The molecule has 0 atom stereocenters. The number of carbonyl (C=O) groups excluding carboxylic acids is 2. The average Bonchev–Trinajstić information content (AvgIpc) is 3.20. The number of hydrogen-bond donors (Lipinski definition) is 2. The molecule has 3 N–H and O–H groups in total. The Labute approximate surface area is 141 Å². The van der Waals surface area contributed by atoms with Crippen molar-refractivity contribution in [2.45, 2.75) is 0 Å². The van der Waals surface area contributed by atoms with E-state index < -0.39 is 11.8 Å². The van der Waals surface area contributed by atoms with E-state index >= 15 is 0 Å². The zero-order valence-corrected chi connectivity index (χ0v) is 13.2. The van der Waals surface area contributed by atoms with Crippen LogP contribution in [0.5, 0.6) is 0 Å². The summed E-state index contributed by atoms with van der Waals surface area (Å²) in [5.41, 5.74) is 7.71. The van der Waals surface area contributed by atoms with Crippen molar-refractivity contribution in [2.24, 2.45) is 0 Å². The molecule has 7 heteroatoms. The number of rotatable bonds is 2. The zero-order valence-electron chi connectivity index (χ0n) is 12.4. The van der Waals surface area contributed by atoms with Crippen LogP contribution in [0.15, 0.2) is 47.8 Å². The van der Waals surface area contributed by atoms with E-state index in [2.05, 4.69) is 10.4 Å². The number of para-hydroxylation sites is 1. The molecule has 1 aliphatic rings. The molecule has 2 amide bonds. The smallest absolute Gasteiger partial charge is 0.264 e. The van der Waals surface area contributed by atoms with Gasteiger partial charge in [-0.1, -0.05) is 24.3 Å². The molecule has 0 radical (unpaired) electrons. The molecule has 6 nitrogen and oxygen atoms in total. The fourth-order valence-electron chi connectivity index (χ4n) is 2.60. The van der Waals surface area contributed by atoms with Crippen molar-refractivity contribution in [3.8, 4) is 5.69 Å². The molecular formula is C17H12N4O2S. The summed E-state index contributed by atoms with van der Waals surface area (Å²) in [6.45, 7) is 0. The second-order valence-corrected chi connectivity index (χ2v) is 6.19. The Morgan fingerprint density at radius 1 is 1.08 bits per heavy atom. The van der Waals surface area contributed by atoms with Crippen molar-refractivity contribution >= 4 is 40.6 Å². The lowest BCUT2D eigenvalue weighted by Crippen LogP contribution is -2.36. The molecule has 0 saturated carbocycles. The summed E-state index contributed by atoms with van der Waals surface area (Å²) in [5, 5.41) is 8.67. The summed E-state index contributed by atoms with van der Waals surface area (Å²) in [6, 6.07) is 13.0. The van der Waals surface area contributed by atoms with E-state index in [1.165, 1.54) is 16.0 Å². The Morgan fingerprint density at radius 2 is 1.88 bits per heavy atom. The van der Waals surface area contributed by atoms with Gasteiger partial charge in [-0.15, -0.1) is 11.3 Å². The number of amides is 2. The second-order valence-electron chi connectivity index (χ2n) is 5.21. The van der Waals surface area contributed by atoms with Gasteiger partial charge in [-0.2, -0.15) is 5.10 Å². The van der Waals surface area contributed by atoms with Gasteiger partial charge in [0.25, 0.3) is 11.8 Å². The van der Waals surface area contributed by atoms with E-state index in [-0.39, 0.29) is 11.4 Å². The van der Waals surface area contributed by atoms with Crippen LogP contribution in [0.4, 0.5) is 5.82 Å². The minimum absolute atomic E-state index is 0.207. The Bertz CT molecular complexity index is 972. The number of nitrogen functional groups attached to an aromatic ring is 1. The summed E-state index contributed by atoms with van der Waals surface area (Å²) in [5.74, 6) is -0.796. The quantitative estimate of drug-likeness (QED) is 0.555. The molecule has 3 aromatic rings. The number of hydrogen-bond acceptors (Lipinski definition) is 5. The topological polar surface area (TPSA) is 90.0 Å². The Morgan fingerprint density at radius 3 is 2.58 bits per heavy atom. The SMILES string of the molecule is Nc1c2c(nn1-c1ccccc1)/C(=C\c1cccs1)C(=O)NC2=O. The number of nitrogens with one attached hydrogen (secondary N) is 1. The third kappa shape index (κ3) is 2.22. The number of fused-ring (bicyclic) bond motifs is 1. The molecule has 0 fully saturated rings. The third-order valence-corrected chi connectivity index (χ3v) is 4.52. The highest BCUT2D eigenvalue weighted by atomic mass is 32.1. The van der Waals surface area contributed by atoms with Gasteiger partial charge in [0.05, 0.1) is 11.3 Å². The van der Waals surface area contributed by atoms with Crippen LogP contribution in [0, 0.1) is 0 Å². The van der Waals surface area contributed by atoms with E-state index in [9.17, 15) is 9.59 Å². The molecule has 0 unspecified atom stereocenters. The number of nitrogens with two attached hydrogens (primary N) is 1. The van der Waals surface area contributed by atoms with Crippen molar-refractivity contribution in [3.05, 3.63) is 64.0 Å². The minimum atomic E-state index is -0.530. The monoisotopic (exact) mass is 336 g/mol. The molecule has 0 saturated heterocycles. The van der Waals surface area contributed by atoms with Crippen LogP contribution in [-0.2, 0) is 4.79 Å². The first kappa shape index (κ1) is 14.4. The first-order valence-corrected chi connectivity index (χ1v) is 8.08. The second kappa shape index (κ2) is 5.47. The third-order valence-electron chi connectivity index (χ3n) is 3.71. The highest BCUT2D eigenvalue weighted by molar-refractivity contribution is 7.11. The summed E-state index contributed by atoms with van der Waals surface area (Å²) in [7, 11) is 0. The first-order chi connectivity index (χ1) is 11.6. The fraction of sp³-hybridized carbons (Fsp3) is 0. The summed E-state index contributed by atoms with van der Waals surface area (Å²) < 4.78 is 1.48. The van der Waals surface area contributed by atoms with Crippen molar-refractivity contribution in [3.63, 3.8) is 0 Å². The standard InChI is InChI=1S/C17H12N4O2S/c18-15-13-14(20-21(15)10-5-2-1-3-6-10)12(16(22)19-17(13)23)9-11-7-4-8-24-11/h1-9H,18H2,(H,19,22,23)/b12-9+. The predicted molar refractivity (Wildman–Crippen MR) is 92.6 cm³/mol. The fourth-order valence-corrected chi connectivity index (χ4v) is 3.26.